The van der Waals surface area contributed by atoms with E-state index < -0.39 is 65.0 Å². The lowest BCUT2D eigenvalue weighted by Gasteiger charge is -2.45. The van der Waals surface area contributed by atoms with Crippen LogP contribution in [0.2, 0.25) is 0 Å². The number of hydrogen-bond acceptors (Lipinski definition) is 8. The summed E-state index contributed by atoms with van der Waals surface area (Å²) < 4.78 is 0. The summed E-state index contributed by atoms with van der Waals surface area (Å²) >= 11 is 0. The molecule has 2 saturated heterocycles. The molecule has 2 aliphatic heterocycles. The van der Waals surface area contributed by atoms with Crippen molar-refractivity contribution in [1.82, 2.24) is 36.1 Å². The highest BCUT2D eigenvalue weighted by Crippen LogP contribution is 2.62. The molecule has 13 heteroatoms. The molecule has 5 aliphatic rings. The number of aromatic nitrogens is 2. The first-order valence-electron chi connectivity index (χ1n) is 19.2. The Hall–Kier alpha value is -4.68. The van der Waals surface area contributed by atoms with Gasteiger partial charge in [0.15, 0.2) is 0 Å². The molecule has 7 rings (SSSR count). The maximum absolute atomic E-state index is 14.7. The second kappa shape index (κ2) is 14.6. The third-order valence-corrected chi connectivity index (χ3v) is 12.7. The van der Waals surface area contributed by atoms with Crippen molar-refractivity contribution in [2.75, 3.05) is 6.54 Å². The van der Waals surface area contributed by atoms with E-state index in [0.717, 1.165) is 50.5 Å². The van der Waals surface area contributed by atoms with Crippen molar-refractivity contribution >= 4 is 35.3 Å². The lowest BCUT2D eigenvalue weighted by atomic mass is 9.60. The smallest absolute Gasteiger partial charge is 0.290 e. The van der Waals surface area contributed by atoms with Gasteiger partial charge in [0.25, 0.3) is 11.8 Å². The molecule has 0 spiro atoms. The number of carbonyl (C=O) groups is 6. The van der Waals surface area contributed by atoms with Crippen molar-refractivity contribution in [3.05, 3.63) is 60.2 Å². The topological polar surface area (TPSA) is 180 Å². The van der Waals surface area contributed by atoms with E-state index >= 15 is 0 Å². The Balaban J connectivity index is 1.09. The second-order valence-electron chi connectivity index (χ2n) is 16.9. The Morgan fingerprint density at radius 1 is 0.906 bits per heavy atom. The molecule has 3 unspecified atom stereocenters. The molecule has 5 fully saturated rings. The van der Waals surface area contributed by atoms with Crippen LogP contribution in [0.15, 0.2) is 48.9 Å². The fraction of sp³-hybridized carbons (Fsp3) is 0.600. The van der Waals surface area contributed by atoms with Crippen molar-refractivity contribution < 1.29 is 28.8 Å². The van der Waals surface area contributed by atoms with Gasteiger partial charge in [0, 0.05) is 18.9 Å². The molecule has 1 aromatic heterocycles. The molecule has 0 radical (unpaired) electrons. The van der Waals surface area contributed by atoms with Crippen LogP contribution in [-0.2, 0) is 24.0 Å². The number of nitrogens with one attached hydrogen (secondary N) is 4. The van der Waals surface area contributed by atoms with Crippen LogP contribution >= 0.6 is 0 Å². The van der Waals surface area contributed by atoms with Crippen molar-refractivity contribution in [3.63, 3.8) is 0 Å². The molecule has 2 aromatic rings. The van der Waals surface area contributed by atoms with Gasteiger partial charge in [-0.2, -0.15) is 0 Å². The Bertz CT molecular complexity index is 1740. The summed E-state index contributed by atoms with van der Waals surface area (Å²) in [6.07, 6.45) is 10.3. The lowest BCUT2D eigenvalue weighted by Crippen LogP contribution is -2.62. The zero-order chi connectivity index (χ0) is 37.6. The second-order valence-corrected chi connectivity index (χ2v) is 16.9. The molecule has 1 aromatic carbocycles. The predicted molar refractivity (Wildman–Crippen MR) is 193 cm³/mol. The van der Waals surface area contributed by atoms with E-state index in [1.54, 1.807) is 4.90 Å². The Kier molecular flexibility index (Phi) is 10.1. The van der Waals surface area contributed by atoms with Crippen LogP contribution in [-0.4, -0.2) is 80.9 Å². The molecular weight excluding hydrogens is 674 g/mol. The summed E-state index contributed by atoms with van der Waals surface area (Å²) in [5.41, 5.74) is 0.216. The molecule has 5 amide bonds. The highest BCUT2D eigenvalue weighted by atomic mass is 16.2. The van der Waals surface area contributed by atoms with Crippen LogP contribution < -0.4 is 21.3 Å². The van der Waals surface area contributed by atoms with E-state index in [-0.39, 0.29) is 41.2 Å². The van der Waals surface area contributed by atoms with Crippen LogP contribution in [0, 0.1) is 40.9 Å². The van der Waals surface area contributed by atoms with Gasteiger partial charge >= 0.3 is 0 Å². The molecule has 53 heavy (non-hydrogen) atoms. The number of carbonyl (C=O) groups excluding carboxylic acids is 6. The fourth-order valence-electron chi connectivity index (χ4n) is 10.1. The molecular formula is C40H51N7O6. The minimum absolute atomic E-state index is 0.0321. The Morgan fingerprint density at radius 2 is 1.64 bits per heavy atom. The first-order chi connectivity index (χ1) is 25.3. The van der Waals surface area contributed by atoms with Gasteiger partial charge in [0.1, 0.15) is 29.9 Å². The number of hydrogen-bond donors (Lipinski definition) is 4. The van der Waals surface area contributed by atoms with Gasteiger partial charge in [0.05, 0.1) is 12.2 Å². The monoisotopic (exact) mass is 725 g/mol. The average Bonchev–Trinajstić information content (AvgIpc) is 3.59. The molecule has 13 nitrogen and oxygen atoms in total. The summed E-state index contributed by atoms with van der Waals surface area (Å²) in [6, 6.07) is 5.30. The largest absolute Gasteiger partial charge is 0.344 e. The zero-order valence-electron chi connectivity index (χ0n) is 30.9. The van der Waals surface area contributed by atoms with Gasteiger partial charge in [0.2, 0.25) is 23.5 Å². The fourth-order valence-corrected chi connectivity index (χ4v) is 10.1. The number of ketones is 1. The SMILES string of the molecule is C[C@H](NC(=O)C(=O)[C@H]1NC(=O)[C@@H]2[C@H]3C4C(CC41)C[C@H]3CN2C(=O)[C@@H](NC(=O)[C@@H](NC(=O)c1cnccn1)C1CCCCC1)C(C)(C)C)c1ccccc1. The van der Waals surface area contributed by atoms with Gasteiger partial charge in [-0.05, 0) is 79.1 Å². The molecule has 10 atom stereocenters. The van der Waals surface area contributed by atoms with Crippen molar-refractivity contribution in [2.45, 2.75) is 103 Å². The summed E-state index contributed by atoms with van der Waals surface area (Å²) in [5, 5.41) is 11.7. The highest BCUT2D eigenvalue weighted by Gasteiger charge is 2.67. The van der Waals surface area contributed by atoms with E-state index in [1.165, 1.54) is 18.6 Å². The van der Waals surface area contributed by atoms with Crippen LogP contribution in [0.5, 0.6) is 0 Å². The number of likely N-dealkylation sites (tertiary alicyclic amines) is 1. The quantitative estimate of drug-likeness (QED) is 0.270. The van der Waals surface area contributed by atoms with Gasteiger partial charge in [-0.3, -0.25) is 33.8 Å². The molecule has 282 valence electrons. The number of nitrogens with zero attached hydrogens (tertiary/aromatic N) is 3. The van der Waals surface area contributed by atoms with Gasteiger partial charge in [-0.15, -0.1) is 0 Å². The summed E-state index contributed by atoms with van der Waals surface area (Å²) in [5.74, 6) is -3.16. The van der Waals surface area contributed by atoms with Crippen LogP contribution in [0.25, 0.3) is 0 Å². The first-order valence-corrected chi connectivity index (χ1v) is 19.2. The Morgan fingerprint density at radius 3 is 2.32 bits per heavy atom. The van der Waals surface area contributed by atoms with E-state index in [0.29, 0.717) is 12.5 Å². The van der Waals surface area contributed by atoms with Crippen molar-refractivity contribution in [1.29, 1.82) is 0 Å². The predicted octanol–water partition coefficient (Wildman–Crippen LogP) is 2.73. The van der Waals surface area contributed by atoms with E-state index in [4.69, 9.17) is 0 Å². The van der Waals surface area contributed by atoms with E-state index in [9.17, 15) is 28.8 Å². The highest BCUT2D eigenvalue weighted by molar-refractivity contribution is 6.38. The lowest BCUT2D eigenvalue weighted by molar-refractivity contribution is -0.145. The van der Waals surface area contributed by atoms with Crippen LogP contribution in [0.4, 0.5) is 0 Å². The maximum Gasteiger partial charge on any atom is 0.290 e. The minimum atomic E-state index is -1.000. The van der Waals surface area contributed by atoms with E-state index in [1.807, 2.05) is 58.0 Å². The molecule has 0 bridgehead atoms. The van der Waals surface area contributed by atoms with Crippen molar-refractivity contribution in [3.8, 4) is 0 Å². The number of amides is 5. The van der Waals surface area contributed by atoms with Crippen LogP contribution in [0.1, 0.15) is 94.7 Å². The van der Waals surface area contributed by atoms with Gasteiger partial charge in [-0.25, -0.2) is 4.98 Å². The normalized spacial score (nSPS) is 29.3. The van der Waals surface area contributed by atoms with E-state index in [2.05, 4.69) is 31.2 Å². The number of benzene rings is 1. The Labute approximate surface area is 310 Å². The molecule has 4 N–H and O–H groups in total. The standard InChI is InChI=1S/C40H51N7O6/c1-21(22-11-7-5-8-12-22)43-38(52)33(48)31-26-18-24-17-25-20-47(32(37(51)45-31)29(25)28(24)26)39(53)34(40(2,3)4)46-36(50)30(23-13-9-6-10-14-23)44-35(49)27-19-41-15-16-42-27/h5,7-8,11-12,15-16,19,21,23-26,28-32,34H,6,9-10,13-14,17-18,20H2,1-4H3,(H,43,52)(H,44,49)(H,45,51)(H,46,50)/t21-,24?,25-,26?,28?,29+,30-,31-,32-,34+/m0/s1. The van der Waals surface area contributed by atoms with Crippen LogP contribution in [0.3, 0.4) is 0 Å². The number of rotatable bonds is 10. The molecule has 3 aliphatic carbocycles. The molecule has 3 saturated carbocycles. The van der Waals surface area contributed by atoms with Gasteiger partial charge in [-0.1, -0.05) is 70.4 Å². The maximum atomic E-state index is 14.7. The third-order valence-electron chi connectivity index (χ3n) is 12.7. The van der Waals surface area contributed by atoms with Gasteiger partial charge < -0.3 is 26.2 Å². The minimum Gasteiger partial charge on any atom is -0.344 e. The summed E-state index contributed by atoms with van der Waals surface area (Å²) in [4.78, 5) is 93.1. The summed E-state index contributed by atoms with van der Waals surface area (Å²) in [6.45, 7) is 7.81. The third kappa shape index (κ3) is 7.06. The summed E-state index contributed by atoms with van der Waals surface area (Å²) in [7, 11) is 0. The average molecular weight is 726 g/mol. The number of Topliss-reactive ketones (excluding diaryl/α,β-unsaturated/α-hetero) is 1. The molecule has 3 heterocycles. The first kappa shape index (κ1) is 36.7. The van der Waals surface area contributed by atoms with Crippen molar-refractivity contribution in [2.24, 2.45) is 40.9 Å². The zero-order valence-corrected chi connectivity index (χ0v) is 30.9.